The third-order valence-electron chi connectivity index (χ3n) is 3.09. The molecule has 1 N–H and O–H groups in total. The average Bonchev–Trinajstić information content (AvgIpc) is 2.50. The monoisotopic (exact) mass is 272 g/mol. The van der Waals surface area contributed by atoms with Crippen LogP contribution in [0.2, 0.25) is 0 Å². The molecule has 0 aliphatic carbocycles. The summed E-state index contributed by atoms with van der Waals surface area (Å²) in [6, 6.07) is 7.93. The summed E-state index contributed by atoms with van der Waals surface area (Å²) in [7, 11) is 3.56. The van der Waals surface area contributed by atoms with E-state index < -0.39 is 0 Å². The fourth-order valence-electron chi connectivity index (χ4n) is 1.97. The van der Waals surface area contributed by atoms with Gasteiger partial charge in [-0.15, -0.1) is 0 Å². The van der Waals surface area contributed by atoms with E-state index >= 15 is 0 Å². The van der Waals surface area contributed by atoms with E-state index in [0.717, 1.165) is 30.0 Å². The molecule has 0 saturated carbocycles. The van der Waals surface area contributed by atoms with Crippen LogP contribution in [0.25, 0.3) is 0 Å². The van der Waals surface area contributed by atoms with Crippen LogP contribution in [0, 0.1) is 0 Å². The summed E-state index contributed by atoms with van der Waals surface area (Å²) in [6.07, 6.45) is 4.45. The maximum absolute atomic E-state index is 5.96. The van der Waals surface area contributed by atoms with Crippen molar-refractivity contribution >= 4 is 0 Å². The Hall–Kier alpha value is -2.07. The Kier molecular flexibility index (Phi) is 4.96. The summed E-state index contributed by atoms with van der Waals surface area (Å²) < 4.78 is 11.4. The first kappa shape index (κ1) is 14.3. The molecule has 0 unspecified atom stereocenters. The molecule has 2 aromatic rings. The molecule has 0 radical (unpaired) electrons. The second-order valence-electron chi connectivity index (χ2n) is 4.45. The second-order valence-corrected chi connectivity index (χ2v) is 4.45. The van der Waals surface area contributed by atoms with Gasteiger partial charge in [0.05, 0.1) is 13.3 Å². The van der Waals surface area contributed by atoms with Gasteiger partial charge >= 0.3 is 0 Å². The van der Waals surface area contributed by atoms with Crippen molar-refractivity contribution in [1.29, 1.82) is 0 Å². The standard InChI is InChI=1S/C16H20N2O2/c1-4-12-5-6-14(15(9-12)19-3)20-16-11-18-8-7-13(16)10-17-2/h5-9,11,17H,4,10H2,1-3H3. The summed E-state index contributed by atoms with van der Waals surface area (Å²) >= 11 is 0. The van der Waals surface area contributed by atoms with Gasteiger partial charge in [0.1, 0.15) is 5.75 Å². The fourth-order valence-corrected chi connectivity index (χ4v) is 1.97. The Morgan fingerprint density at radius 1 is 1.15 bits per heavy atom. The summed E-state index contributed by atoms with van der Waals surface area (Å²) in [4.78, 5) is 4.12. The SMILES string of the molecule is CCc1ccc(Oc2cnccc2CNC)c(OC)c1. The Morgan fingerprint density at radius 2 is 2.00 bits per heavy atom. The molecule has 1 aromatic carbocycles. The number of ether oxygens (including phenoxy) is 2. The van der Waals surface area contributed by atoms with E-state index in [4.69, 9.17) is 9.47 Å². The lowest BCUT2D eigenvalue weighted by Gasteiger charge is -2.13. The fraction of sp³-hybridized carbons (Fsp3) is 0.312. The summed E-state index contributed by atoms with van der Waals surface area (Å²) in [5.41, 5.74) is 2.28. The van der Waals surface area contributed by atoms with E-state index in [-0.39, 0.29) is 0 Å². The van der Waals surface area contributed by atoms with Crippen LogP contribution in [0.5, 0.6) is 17.2 Å². The van der Waals surface area contributed by atoms with E-state index in [0.29, 0.717) is 5.75 Å². The van der Waals surface area contributed by atoms with Crippen molar-refractivity contribution < 1.29 is 9.47 Å². The minimum atomic E-state index is 0.704. The van der Waals surface area contributed by atoms with Crippen LogP contribution in [-0.2, 0) is 13.0 Å². The van der Waals surface area contributed by atoms with Gasteiger partial charge in [0.2, 0.25) is 0 Å². The molecule has 0 aliphatic rings. The van der Waals surface area contributed by atoms with Crippen molar-refractivity contribution in [2.24, 2.45) is 0 Å². The Labute approximate surface area is 119 Å². The zero-order valence-corrected chi connectivity index (χ0v) is 12.1. The lowest BCUT2D eigenvalue weighted by Crippen LogP contribution is -2.06. The molecule has 0 bridgehead atoms. The molecule has 1 heterocycles. The van der Waals surface area contributed by atoms with Crippen molar-refractivity contribution in [3.63, 3.8) is 0 Å². The zero-order valence-electron chi connectivity index (χ0n) is 12.1. The third kappa shape index (κ3) is 3.27. The lowest BCUT2D eigenvalue weighted by atomic mass is 10.1. The van der Waals surface area contributed by atoms with Gasteiger partial charge in [0.15, 0.2) is 11.5 Å². The minimum Gasteiger partial charge on any atom is -0.493 e. The number of benzene rings is 1. The maximum atomic E-state index is 5.96. The number of pyridine rings is 1. The normalized spacial score (nSPS) is 10.3. The molecule has 0 amide bonds. The van der Waals surface area contributed by atoms with Gasteiger partial charge < -0.3 is 14.8 Å². The molecule has 4 heteroatoms. The van der Waals surface area contributed by atoms with Crippen LogP contribution >= 0.6 is 0 Å². The molecule has 0 fully saturated rings. The maximum Gasteiger partial charge on any atom is 0.169 e. The van der Waals surface area contributed by atoms with Gasteiger partial charge in [-0.2, -0.15) is 0 Å². The van der Waals surface area contributed by atoms with Crippen LogP contribution in [-0.4, -0.2) is 19.1 Å². The third-order valence-corrected chi connectivity index (χ3v) is 3.09. The first-order valence-corrected chi connectivity index (χ1v) is 6.70. The molecule has 4 nitrogen and oxygen atoms in total. The molecular weight excluding hydrogens is 252 g/mol. The van der Waals surface area contributed by atoms with Crippen LogP contribution in [0.15, 0.2) is 36.7 Å². The van der Waals surface area contributed by atoms with Gasteiger partial charge in [-0.05, 0) is 37.2 Å². The second kappa shape index (κ2) is 6.91. The highest BCUT2D eigenvalue weighted by Crippen LogP contribution is 2.33. The number of aromatic nitrogens is 1. The molecule has 0 aliphatic heterocycles. The van der Waals surface area contributed by atoms with Crippen molar-refractivity contribution in [3.05, 3.63) is 47.8 Å². The summed E-state index contributed by atoms with van der Waals surface area (Å²) in [5.74, 6) is 2.18. The number of aryl methyl sites for hydroxylation is 1. The Morgan fingerprint density at radius 3 is 2.70 bits per heavy atom. The molecule has 0 spiro atoms. The largest absolute Gasteiger partial charge is 0.493 e. The smallest absolute Gasteiger partial charge is 0.169 e. The number of methoxy groups -OCH3 is 1. The number of hydrogen-bond acceptors (Lipinski definition) is 4. The van der Waals surface area contributed by atoms with Gasteiger partial charge in [-0.3, -0.25) is 4.98 Å². The van der Waals surface area contributed by atoms with E-state index in [1.54, 1.807) is 19.5 Å². The van der Waals surface area contributed by atoms with Crippen LogP contribution in [0.1, 0.15) is 18.1 Å². The Bertz CT molecular complexity index is 570. The van der Waals surface area contributed by atoms with E-state index in [9.17, 15) is 0 Å². The minimum absolute atomic E-state index is 0.704. The summed E-state index contributed by atoms with van der Waals surface area (Å²) in [6.45, 7) is 2.84. The Balaban J connectivity index is 2.30. The molecule has 0 atom stereocenters. The lowest BCUT2D eigenvalue weighted by molar-refractivity contribution is 0.376. The van der Waals surface area contributed by atoms with E-state index in [1.165, 1.54) is 5.56 Å². The molecule has 20 heavy (non-hydrogen) atoms. The number of hydrogen-bond donors (Lipinski definition) is 1. The molecular formula is C16H20N2O2. The van der Waals surface area contributed by atoms with Crippen molar-refractivity contribution in [2.45, 2.75) is 19.9 Å². The first-order valence-electron chi connectivity index (χ1n) is 6.70. The topological polar surface area (TPSA) is 43.4 Å². The zero-order chi connectivity index (χ0) is 14.4. The van der Waals surface area contributed by atoms with E-state index in [1.807, 2.05) is 31.3 Å². The highest BCUT2D eigenvalue weighted by molar-refractivity contribution is 5.46. The van der Waals surface area contributed by atoms with Gasteiger partial charge in [-0.1, -0.05) is 13.0 Å². The predicted molar refractivity (Wildman–Crippen MR) is 79.4 cm³/mol. The van der Waals surface area contributed by atoms with Crippen molar-refractivity contribution in [2.75, 3.05) is 14.2 Å². The van der Waals surface area contributed by atoms with Gasteiger partial charge in [-0.25, -0.2) is 0 Å². The molecule has 1 aromatic heterocycles. The van der Waals surface area contributed by atoms with Crippen LogP contribution < -0.4 is 14.8 Å². The van der Waals surface area contributed by atoms with Crippen LogP contribution in [0.3, 0.4) is 0 Å². The number of nitrogens with one attached hydrogen (secondary N) is 1. The highest BCUT2D eigenvalue weighted by atomic mass is 16.5. The average molecular weight is 272 g/mol. The summed E-state index contributed by atoms with van der Waals surface area (Å²) in [5, 5.41) is 3.12. The van der Waals surface area contributed by atoms with E-state index in [2.05, 4.69) is 17.2 Å². The van der Waals surface area contributed by atoms with Gasteiger partial charge in [0.25, 0.3) is 0 Å². The molecule has 2 rings (SSSR count). The highest BCUT2D eigenvalue weighted by Gasteiger charge is 2.09. The predicted octanol–water partition coefficient (Wildman–Crippen LogP) is 3.16. The number of nitrogens with zero attached hydrogens (tertiary/aromatic N) is 1. The molecule has 0 saturated heterocycles. The number of rotatable bonds is 6. The van der Waals surface area contributed by atoms with Crippen molar-refractivity contribution in [1.82, 2.24) is 10.3 Å². The van der Waals surface area contributed by atoms with Crippen LogP contribution in [0.4, 0.5) is 0 Å². The van der Waals surface area contributed by atoms with Crippen molar-refractivity contribution in [3.8, 4) is 17.2 Å². The quantitative estimate of drug-likeness (QED) is 0.877. The van der Waals surface area contributed by atoms with Gasteiger partial charge in [0, 0.05) is 18.3 Å². The first-order chi connectivity index (χ1) is 9.78. The molecule has 106 valence electrons.